The van der Waals surface area contributed by atoms with E-state index in [4.69, 9.17) is 4.74 Å². The molecule has 0 saturated carbocycles. The molecule has 1 heterocycles. The van der Waals surface area contributed by atoms with Gasteiger partial charge in [-0.25, -0.2) is 8.42 Å². The number of sulfonamides is 1. The highest BCUT2D eigenvalue weighted by Crippen LogP contribution is 2.21. The van der Waals surface area contributed by atoms with Gasteiger partial charge in [-0.05, 0) is 43.5 Å². The first-order valence-electron chi connectivity index (χ1n) is 9.39. The number of carbonyl (C=O) groups is 1. The number of aryl methyl sites for hydroxylation is 2. The van der Waals surface area contributed by atoms with Crippen LogP contribution in [0.3, 0.4) is 0 Å². The van der Waals surface area contributed by atoms with E-state index < -0.39 is 10.0 Å². The molecule has 2 rings (SSSR count). The van der Waals surface area contributed by atoms with E-state index in [1.165, 1.54) is 10.6 Å². The highest BCUT2D eigenvalue weighted by molar-refractivity contribution is 7.92. The second-order valence-corrected chi connectivity index (χ2v) is 8.92. The van der Waals surface area contributed by atoms with Gasteiger partial charge in [-0.1, -0.05) is 6.07 Å². The zero-order chi connectivity index (χ0) is 19.9. The molecular weight excluding hydrogens is 366 g/mol. The second kappa shape index (κ2) is 10.1. The Hall–Kier alpha value is -1.64. The van der Waals surface area contributed by atoms with E-state index in [1.54, 1.807) is 0 Å². The number of rotatable bonds is 9. The Bertz CT molecular complexity index is 730. The Balaban J connectivity index is 1.79. The molecule has 1 aliphatic heterocycles. The summed E-state index contributed by atoms with van der Waals surface area (Å²) in [6, 6.07) is 5.60. The van der Waals surface area contributed by atoms with Gasteiger partial charge in [-0.2, -0.15) is 0 Å². The fourth-order valence-electron chi connectivity index (χ4n) is 3.02. The van der Waals surface area contributed by atoms with Crippen molar-refractivity contribution < 1.29 is 17.9 Å². The summed E-state index contributed by atoms with van der Waals surface area (Å²) in [4.78, 5) is 14.3. The number of morpholine rings is 1. The molecular formula is C19H31N3O4S. The maximum atomic E-state index is 12.2. The minimum atomic E-state index is -3.39. The van der Waals surface area contributed by atoms with Crippen LogP contribution in [-0.2, 0) is 19.6 Å². The molecule has 0 atom stereocenters. The summed E-state index contributed by atoms with van der Waals surface area (Å²) in [7, 11) is -3.39. The van der Waals surface area contributed by atoms with Crippen molar-refractivity contribution in [2.75, 3.05) is 56.5 Å². The molecule has 0 aliphatic carbocycles. The monoisotopic (exact) mass is 397 g/mol. The molecule has 1 aromatic rings. The van der Waals surface area contributed by atoms with Crippen molar-refractivity contribution in [1.29, 1.82) is 0 Å². The number of nitrogens with zero attached hydrogens (tertiary/aromatic N) is 2. The molecule has 1 saturated heterocycles. The molecule has 1 aromatic carbocycles. The molecule has 152 valence electrons. The first kappa shape index (κ1) is 21.7. The zero-order valence-electron chi connectivity index (χ0n) is 16.5. The number of amides is 1. The number of hydrogen-bond acceptors (Lipinski definition) is 5. The minimum Gasteiger partial charge on any atom is -0.379 e. The summed E-state index contributed by atoms with van der Waals surface area (Å²) in [5.41, 5.74) is 2.81. The largest absolute Gasteiger partial charge is 0.379 e. The van der Waals surface area contributed by atoms with Crippen LogP contribution >= 0.6 is 0 Å². The Morgan fingerprint density at radius 2 is 1.93 bits per heavy atom. The molecule has 27 heavy (non-hydrogen) atoms. The quantitative estimate of drug-likeness (QED) is 0.679. The lowest BCUT2D eigenvalue weighted by atomic mass is 10.1. The second-order valence-electron chi connectivity index (χ2n) is 7.01. The van der Waals surface area contributed by atoms with Crippen LogP contribution in [-0.4, -0.2) is 71.4 Å². The van der Waals surface area contributed by atoms with Gasteiger partial charge in [-0.15, -0.1) is 0 Å². The Labute approximate surface area is 162 Å². The lowest BCUT2D eigenvalue weighted by Gasteiger charge is -2.26. The van der Waals surface area contributed by atoms with Crippen molar-refractivity contribution in [2.24, 2.45) is 0 Å². The molecule has 7 nitrogen and oxygen atoms in total. The molecule has 1 aliphatic rings. The number of anilines is 1. The predicted octanol–water partition coefficient (Wildman–Crippen LogP) is 1.30. The molecule has 0 radical (unpaired) electrons. The van der Waals surface area contributed by atoms with Crippen LogP contribution in [0.4, 0.5) is 5.69 Å². The summed E-state index contributed by atoms with van der Waals surface area (Å²) in [6.45, 7) is 8.94. The number of benzene rings is 1. The Morgan fingerprint density at radius 1 is 1.22 bits per heavy atom. The van der Waals surface area contributed by atoms with Gasteiger partial charge in [0.25, 0.3) is 0 Å². The van der Waals surface area contributed by atoms with Crippen molar-refractivity contribution >= 4 is 21.6 Å². The molecule has 0 spiro atoms. The highest BCUT2D eigenvalue weighted by Gasteiger charge is 2.18. The van der Waals surface area contributed by atoms with Gasteiger partial charge in [0.15, 0.2) is 0 Å². The average Bonchev–Trinajstić information content (AvgIpc) is 2.61. The van der Waals surface area contributed by atoms with Crippen LogP contribution in [0.25, 0.3) is 0 Å². The SMILES string of the molecule is Cc1ccc(N(CCCC(=O)NCCN2CCOCC2)S(C)(=O)=O)cc1C. The summed E-state index contributed by atoms with van der Waals surface area (Å²) in [5, 5.41) is 2.91. The van der Waals surface area contributed by atoms with Crippen LogP contribution in [0.1, 0.15) is 24.0 Å². The van der Waals surface area contributed by atoms with Crippen molar-refractivity contribution in [3.8, 4) is 0 Å². The van der Waals surface area contributed by atoms with E-state index >= 15 is 0 Å². The molecule has 0 aromatic heterocycles. The molecule has 1 N–H and O–H groups in total. The third-order valence-corrected chi connectivity index (χ3v) is 5.99. The fourth-order valence-corrected chi connectivity index (χ4v) is 3.97. The van der Waals surface area contributed by atoms with Gasteiger partial charge in [0.05, 0.1) is 25.2 Å². The van der Waals surface area contributed by atoms with E-state index in [0.29, 0.717) is 25.1 Å². The summed E-state index contributed by atoms with van der Waals surface area (Å²) < 4.78 is 31.0. The van der Waals surface area contributed by atoms with Crippen molar-refractivity contribution in [2.45, 2.75) is 26.7 Å². The maximum Gasteiger partial charge on any atom is 0.232 e. The summed E-state index contributed by atoms with van der Waals surface area (Å²) in [6.07, 6.45) is 1.98. The number of carbonyl (C=O) groups excluding carboxylic acids is 1. The smallest absolute Gasteiger partial charge is 0.232 e. The Kier molecular flexibility index (Phi) is 8.07. The zero-order valence-corrected chi connectivity index (χ0v) is 17.3. The van der Waals surface area contributed by atoms with E-state index in [2.05, 4.69) is 10.2 Å². The predicted molar refractivity (Wildman–Crippen MR) is 108 cm³/mol. The molecule has 1 fully saturated rings. The fraction of sp³-hybridized carbons (Fsp3) is 0.632. The molecule has 8 heteroatoms. The van der Waals surface area contributed by atoms with Gasteiger partial charge < -0.3 is 10.1 Å². The van der Waals surface area contributed by atoms with E-state index in [-0.39, 0.29) is 12.5 Å². The third-order valence-electron chi connectivity index (χ3n) is 4.80. The van der Waals surface area contributed by atoms with Gasteiger partial charge >= 0.3 is 0 Å². The molecule has 0 bridgehead atoms. The van der Waals surface area contributed by atoms with Gasteiger partial charge in [0, 0.05) is 39.1 Å². The van der Waals surface area contributed by atoms with Crippen molar-refractivity contribution in [3.63, 3.8) is 0 Å². The van der Waals surface area contributed by atoms with Gasteiger partial charge in [-0.3, -0.25) is 14.0 Å². The van der Waals surface area contributed by atoms with Gasteiger partial charge in [0.2, 0.25) is 15.9 Å². The minimum absolute atomic E-state index is 0.0446. The number of ether oxygens (including phenoxy) is 1. The number of nitrogens with one attached hydrogen (secondary N) is 1. The first-order chi connectivity index (χ1) is 12.8. The van der Waals surface area contributed by atoms with E-state index in [9.17, 15) is 13.2 Å². The third kappa shape index (κ3) is 7.12. The van der Waals surface area contributed by atoms with E-state index in [0.717, 1.165) is 44.0 Å². The standard InChI is InChI=1S/C19H31N3O4S/c1-16-6-7-18(15-17(16)2)22(27(3,24)25)9-4-5-19(23)20-8-10-21-11-13-26-14-12-21/h6-7,15H,4-5,8-14H2,1-3H3,(H,20,23). The summed E-state index contributed by atoms with van der Waals surface area (Å²) >= 11 is 0. The number of hydrogen-bond donors (Lipinski definition) is 1. The normalized spacial score (nSPS) is 15.5. The van der Waals surface area contributed by atoms with Crippen LogP contribution in [0.15, 0.2) is 18.2 Å². The highest BCUT2D eigenvalue weighted by atomic mass is 32.2. The Morgan fingerprint density at radius 3 is 2.56 bits per heavy atom. The first-order valence-corrected chi connectivity index (χ1v) is 11.2. The van der Waals surface area contributed by atoms with Crippen molar-refractivity contribution in [3.05, 3.63) is 29.3 Å². The summed E-state index contributed by atoms with van der Waals surface area (Å²) in [5.74, 6) is -0.0446. The van der Waals surface area contributed by atoms with Crippen molar-refractivity contribution in [1.82, 2.24) is 10.2 Å². The van der Waals surface area contributed by atoms with Gasteiger partial charge in [0.1, 0.15) is 0 Å². The topological polar surface area (TPSA) is 79.0 Å². The van der Waals surface area contributed by atoms with Crippen LogP contribution < -0.4 is 9.62 Å². The van der Waals surface area contributed by atoms with Crippen LogP contribution in [0.5, 0.6) is 0 Å². The average molecular weight is 398 g/mol. The molecule has 1 amide bonds. The van der Waals surface area contributed by atoms with Crippen LogP contribution in [0, 0.1) is 13.8 Å². The van der Waals surface area contributed by atoms with E-state index in [1.807, 2.05) is 32.0 Å². The van der Waals surface area contributed by atoms with Crippen LogP contribution in [0.2, 0.25) is 0 Å². The lowest BCUT2D eigenvalue weighted by molar-refractivity contribution is -0.121. The molecule has 0 unspecified atom stereocenters. The lowest BCUT2D eigenvalue weighted by Crippen LogP contribution is -2.41. The maximum absolute atomic E-state index is 12.2.